The molecule has 1 unspecified atom stereocenters. The average molecular weight is 462 g/mol. The first-order valence-electron chi connectivity index (χ1n) is 10.3. The number of benzene rings is 1. The zero-order valence-electron chi connectivity index (χ0n) is 18.1. The number of imide groups is 1. The summed E-state index contributed by atoms with van der Waals surface area (Å²) in [6.45, 7) is 3.98. The van der Waals surface area contributed by atoms with E-state index in [2.05, 4.69) is 10.0 Å². The summed E-state index contributed by atoms with van der Waals surface area (Å²) in [4.78, 5) is 25.8. The second-order valence-electron chi connectivity index (χ2n) is 8.29. The molecule has 1 atom stereocenters. The van der Waals surface area contributed by atoms with Gasteiger partial charge in [-0.1, -0.05) is 6.42 Å². The minimum absolute atomic E-state index is 0.193. The number of nitrogens with one attached hydrogen (secondary N) is 2. The summed E-state index contributed by atoms with van der Waals surface area (Å²) < 4.78 is 46.4. The average Bonchev–Trinajstić information content (AvgIpc) is 2.69. The van der Waals surface area contributed by atoms with Crippen LogP contribution in [0.4, 0.5) is 13.2 Å². The Hall–Kier alpha value is -1.78. The Balaban J connectivity index is 1.73. The van der Waals surface area contributed by atoms with Crippen LogP contribution >= 0.6 is 11.9 Å². The standard InChI is InChI=1S/C21H30F3N3O3S/c1-21(2,10-4-5-11-27(3)16-8-9-19(28)25-20(16)29)26-31-14-6-7-15(22)17(12-14)30-13-18(23)24/h6-7,12,16,18,26H,4-5,8-11,13H2,1-3H3,(H,25,28,29). The number of carbonyl (C=O) groups excluding carboxylic acids is 2. The molecule has 1 heterocycles. The Morgan fingerprint density at radius 1 is 1.32 bits per heavy atom. The molecule has 31 heavy (non-hydrogen) atoms. The molecule has 1 aromatic rings. The molecule has 174 valence electrons. The highest BCUT2D eigenvalue weighted by atomic mass is 32.2. The van der Waals surface area contributed by atoms with Gasteiger partial charge >= 0.3 is 0 Å². The number of halogens is 3. The summed E-state index contributed by atoms with van der Waals surface area (Å²) in [5.74, 6) is -1.31. The van der Waals surface area contributed by atoms with Crippen LogP contribution in [0.25, 0.3) is 0 Å². The van der Waals surface area contributed by atoms with Crippen LogP contribution < -0.4 is 14.8 Å². The number of hydrogen-bond donors (Lipinski definition) is 2. The van der Waals surface area contributed by atoms with Gasteiger partial charge in [0.1, 0.15) is 6.61 Å². The molecular weight excluding hydrogens is 431 g/mol. The fraction of sp³-hybridized carbons (Fsp3) is 0.619. The monoisotopic (exact) mass is 461 g/mol. The lowest BCUT2D eigenvalue weighted by Crippen LogP contribution is -2.51. The number of ether oxygens (including phenoxy) is 1. The molecule has 6 nitrogen and oxygen atoms in total. The maximum absolute atomic E-state index is 13.7. The molecule has 0 bridgehead atoms. The third kappa shape index (κ3) is 8.70. The highest BCUT2D eigenvalue weighted by Gasteiger charge is 2.29. The molecule has 2 amide bonds. The maximum Gasteiger partial charge on any atom is 0.272 e. The van der Waals surface area contributed by atoms with Gasteiger partial charge in [-0.3, -0.25) is 24.5 Å². The van der Waals surface area contributed by atoms with Gasteiger partial charge in [0.15, 0.2) is 11.6 Å². The van der Waals surface area contributed by atoms with Crippen molar-refractivity contribution in [2.24, 2.45) is 0 Å². The van der Waals surface area contributed by atoms with Crippen molar-refractivity contribution in [2.45, 2.75) is 68.9 Å². The lowest BCUT2D eigenvalue weighted by atomic mass is 9.98. The number of nitrogens with zero attached hydrogens (tertiary/aromatic N) is 1. The van der Waals surface area contributed by atoms with Gasteiger partial charge in [0.05, 0.1) is 6.04 Å². The summed E-state index contributed by atoms with van der Waals surface area (Å²) in [7, 11) is 1.89. The molecule has 1 aliphatic rings. The third-order valence-electron chi connectivity index (χ3n) is 5.02. The smallest absolute Gasteiger partial charge is 0.272 e. The number of carbonyl (C=O) groups is 2. The fourth-order valence-corrected chi connectivity index (χ4v) is 4.04. The van der Waals surface area contributed by atoms with Crippen molar-refractivity contribution in [3.8, 4) is 5.75 Å². The van der Waals surface area contributed by atoms with Crippen molar-refractivity contribution >= 4 is 23.8 Å². The Bertz CT molecular complexity index is 765. The molecular formula is C21H30F3N3O3S. The van der Waals surface area contributed by atoms with Crippen LogP contribution in [0, 0.1) is 5.82 Å². The van der Waals surface area contributed by atoms with Gasteiger partial charge in [-0.25, -0.2) is 13.2 Å². The second-order valence-corrected chi connectivity index (χ2v) is 9.17. The predicted molar refractivity (Wildman–Crippen MR) is 114 cm³/mol. The van der Waals surface area contributed by atoms with E-state index in [0.717, 1.165) is 25.8 Å². The number of piperidine rings is 1. The Labute approximate surface area is 185 Å². The van der Waals surface area contributed by atoms with Gasteiger partial charge in [-0.15, -0.1) is 0 Å². The number of unbranched alkanes of at least 4 members (excludes halogenated alkanes) is 1. The molecule has 1 aromatic carbocycles. The summed E-state index contributed by atoms with van der Waals surface area (Å²) in [6.07, 6.45) is 0.927. The van der Waals surface area contributed by atoms with Gasteiger partial charge in [-0.2, -0.15) is 0 Å². The molecule has 1 fully saturated rings. The first kappa shape index (κ1) is 25.5. The first-order chi connectivity index (χ1) is 14.6. The van der Waals surface area contributed by atoms with Crippen LogP contribution in [0.1, 0.15) is 46.0 Å². The molecule has 2 rings (SSSR count). The van der Waals surface area contributed by atoms with Crippen LogP contribution in [0.5, 0.6) is 5.75 Å². The lowest BCUT2D eigenvalue weighted by Gasteiger charge is -2.30. The molecule has 0 spiro atoms. The van der Waals surface area contributed by atoms with Crippen LogP contribution in [-0.2, 0) is 9.59 Å². The molecule has 0 aromatic heterocycles. The van der Waals surface area contributed by atoms with Crippen LogP contribution in [0.2, 0.25) is 0 Å². The topological polar surface area (TPSA) is 70.7 Å². The van der Waals surface area contributed by atoms with Gasteiger partial charge < -0.3 is 4.74 Å². The van der Waals surface area contributed by atoms with E-state index in [1.54, 1.807) is 6.07 Å². The Morgan fingerprint density at radius 2 is 2.06 bits per heavy atom. The summed E-state index contributed by atoms with van der Waals surface area (Å²) >= 11 is 1.29. The Morgan fingerprint density at radius 3 is 2.74 bits per heavy atom. The van der Waals surface area contributed by atoms with E-state index in [1.165, 1.54) is 24.1 Å². The van der Waals surface area contributed by atoms with Gasteiger partial charge in [0.25, 0.3) is 6.43 Å². The van der Waals surface area contributed by atoms with E-state index >= 15 is 0 Å². The number of alkyl halides is 2. The van der Waals surface area contributed by atoms with E-state index in [0.29, 0.717) is 17.7 Å². The second kappa shape index (κ2) is 11.7. The zero-order chi connectivity index (χ0) is 23.0. The van der Waals surface area contributed by atoms with Gasteiger partial charge in [0, 0.05) is 16.9 Å². The van der Waals surface area contributed by atoms with E-state index in [-0.39, 0.29) is 29.1 Å². The van der Waals surface area contributed by atoms with Gasteiger partial charge in [-0.05, 0) is 76.8 Å². The highest BCUT2D eigenvalue weighted by Crippen LogP contribution is 2.27. The van der Waals surface area contributed by atoms with E-state index in [4.69, 9.17) is 4.74 Å². The van der Waals surface area contributed by atoms with Crippen molar-refractivity contribution < 1.29 is 27.5 Å². The molecule has 1 saturated heterocycles. The van der Waals surface area contributed by atoms with Gasteiger partial charge in [0.2, 0.25) is 11.8 Å². The third-order valence-corrected chi connectivity index (χ3v) is 6.16. The van der Waals surface area contributed by atoms with E-state index in [1.807, 2.05) is 25.8 Å². The minimum atomic E-state index is -2.66. The number of likely N-dealkylation sites (N-methyl/N-ethyl adjacent to an activating group) is 1. The van der Waals surface area contributed by atoms with Crippen LogP contribution in [-0.4, -0.2) is 54.9 Å². The molecule has 0 radical (unpaired) electrons. The number of amides is 2. The summed E-state index contributed by atoms with van der Waals surface area (Å²) in [5, 5.41) is 2.38. The molecule has 1 aliphatic heterocycles. The number of rotatable bonds is 12. The van der Waals surface area contributed by atoms with Crippen molar-refractivity contribution in [3.63, 3.8) is 0 Å². The highest BCUT2D eigenvalue weighted by molar-refractivity contribution is 7.97. The molecule has 0 saturated carbocycles. The minimum Gasteiger partial charge on any atom is -0.485 e. The fourth-order valence-electron chi connectivity index (χ4n) is 3.25. The van der Waals surface area contributed by atoms with Crippen molar-refractivity contribution in [1.82, 2.24) is 14.9 Å². The normalized spacial score (nSPS) is 17.4. The van der Waals surface area contributed by atoms with Crippen molar-refractivity contribution in [3.05, 3.63) is 24.0 Å². The zero-order valence-corrected chi connectivity index (χ0v) is 18.9. The predicted octanol–water partition coefficient (Wildman–Crippen LogP) is 3.75. The van der Waals surface area contributed by atoms with Crippen LogP contribution in [0.15, 0.2) is 23.1 Å². The SMILES string of the molecule is CN(CCCCC(C)(C)NSc1ccc(F)c(OCC(F)F)c1)C1CCC(=O)NC1=O. The van der Waals surface area contributed by atoms with Crippen LogP contribution in [0.3, 0.4) is 0 Å². The number of hydrogen-bond acceptors (Lipinski definition) is 6. The van der Waals surface area contributed by atoms with Crippen molar-refractivity contribution in [1.29, 1.82) is 0 Å². The summed E-state index contributed by atoms with van der Waals surface area (Å²) in [6, 6.07) is 3.90. The lowest BCUT2D eigenvalue weighted by molar-refractivity contribution is -0.137. The Kier molecular flexibility index (Phi) is 9.64. The van der Waals surface area contributed by atoms with E-state index < -0.39 is 18.8 Å². The molecule has 2 N–H and O–H groups in total. The molecule has 10 heteroatoms. The first-order valence-corrected chi connectivity index (χ1v) is 11.1. The van der Waals surface area contributed by atoms with Crippen molar-refractivity contribution in [2.75, 3.05) is 20.2 Å². The quantitative estimate of drug-likeness (QED) is 0.281. The maximum atomic E-state index is 13.7. The summed E-state index contributed by atoms with van der Waals surface area (Å²) in [5.41, 5.74) is -0.226. The largest absolute Gasteiger partial charge is 0.485 e. The van der Waals surface area contributed by atoms with E-state index in [9.17, 15) is 22.8 Å². The molecule has 0 aliphatic carbocycles.